The van der Waals surface area contributed by atoms with E-state index < -0.39 is 0 Å². The van der Waals surface area contributed by atoms with Crippen molar-refractivity contribution in [3.8, 4) is 0 Å². The molecule has 1 amide bonds. The Labute approximate surface area is 178 Å². The number of nitrogens with zero attached hydrogens (tertiary/aromatic N) is 4. The van der Waals surface area contributed by atoms with Crippen LogP contribution in [0.2, 0.25) is 5.02 Å². The molecule has 10 heteroatoms. The predicted octanol–water partition coefficient (Wildman–Crippen LogP) is 5.26. The molecule has 3 heterocycles. The zero-order valence-electron chi connectivity index (χ0n) is 14.4. The second-order valence-corrected chi connectivity index (χ2v) is 8.96. The molecule has 0 unspecified atom stereocenters. The molecule has 28 heavy (non-hydrogen) atoms. The van der Waals surface area contributed by atoms with E-state index in [1.807, 2.05) is 30.5 Å². The van der Waals surface area contributed by atoms with E-state index in [1.165, 1.54) is 34.9 Å². The van der Waals surface area contributed by atoms with Crippen LogP contribution in [0.5, 0.6) is 0 Å². The van der Waals surface area contributed by atoms with Crippen LogP contribution in [0.25, 0.3) is 10.9 Å². The van der Waals surface area contributed by atoms with Gasteiger partial charge in [0.25, 0.3) is 5.91 Å². The lowest BCUT2D eigenvalue weighted by molar-refractivity contribution is 0.102. The number of halogens is 1. The molecule has 3 aromatic heterocycles. The van der Waals surface area contributed by atoms with Crippen LogP contribution in [0.1, 0.15) is 10.4 Å². The number of anilines is 1. The van der Waals surface area contributed by atoms with Gasteiger partial charge in [-0.3, -0.25) is 15.1 Å². The third-order valence-corrected chi connectivity index (χ3v) is 6.61. The highest BCUT2D eigenvalue weighted by Crippen LogP contribution is 2.36. The molecule has 0 aliphatic heterocycles. The van der Waals surface area contributed by atoms with Crippen LogP contribution in [0.15, 0.2) is 63.1 Å². The number of hydrogen-bond donors (Lipinski definition) is 1. The molecule has 0 radical (unpaired) electrons. The number of aromatic nitrogens is 4. The van der Waals surface area contributed by atoms with Gasteiger partial charge in [-0.05, 0) is 36.6 Å². The van der Waals surface area contributed by atoms with Crippen molar-refractivity contribution < 1.29 is 4.79 Å². The van der Waals surface area contributed by atoms with Crippen LogP contribution in [0.3, 0.4) is 0 Å². The number of nitrogens with one attached hydrogen (secondary N) is 1. The number of carbonyl (C=O) groups excluding carboxylic acids is 1. The summed E-state index contributed by atoms with van der Waals surface area (Å²) in [4.78, 5) is 22.1. The third kappa shape index (κ3) is 4.12. The molecule has 4 aromatic rings. The molecule has 0 spiro atoms. The van der Waals surface area contributed by atoms with E-state index in [0.717, 1.165) is 15.8 Å². The van der Waals surface area contributed by atoms with Gasteiger partial charge in [-0.2, -0.15) is 0 Å². The highest BCUT2D eigenvalue weighted by Gasteiger charge is 2.15. The summed E-state index contributed by atoms with van der Waals surface area (Å²) in [6.07, 6.45) is 5.27. The number of carbonyl (C=O) groups is 1. The molecule has 0 saturated heterocycles. The summed E-state index contributed by atoms with van der Waals surface area (Å²) in [5, 5.41) is 13.8. The van der Waals surface area contributed by atoms with Gasteiger partial charge >= 0.3 is 0 Å². The van der Waals surface area contributed by atoms with Crippen LogP contribution in [-0.2, 0) is 0 Å². The van der Waals surface area contributed by atoms with Gasteiger partial charge in [-0.25, -0.2) is 4.98 Å². The van der Waals surface area contributed by atoms with E-state index >= 15 is 0 Å². The van der Waals surface area contributed by atoms with Crippen molar-refractivity contribution in [2.24, 2.45) is 0 Å². The summed E-state index contributed by atoms with van der Waals surface area (Å²) < 4.78 is 0.717. The topological polar surface area (TPSA) is 80.7 Å². The van der Waals surface area contributed by atoms with Crippen molar-refractivity contribution >= 4 is 68.4 Å². The molecule has 0 fully saturated rings. The number of amides is 1. The number of pyridine rings is 2. The van der Waals surface area contributed by atoms with Gasteiger partial charge in [0.15, 0.2) is 4.34 Å². The smallest absolute Gasteiger partial charge is 0.260 e. The van der Waals surface area contributed by atoms with E-state index in [9.17, 15) is 4.79 Å². The lowest BCUT2D eigenvalue weighted by Gasteiger charge is -2.04. The maximum atomic E-state index is 12.5. The largest absolute Gasteiger partial charge is 0.296 e. The molecule has 1 aromatic carbocycles. The minimum Gasteiger partial charge on any atom is -0.296 e. The minimum absolute atomic E-state index is 0.255. The van der Waals surface area contributed by atoms with E-state index in [1.54, 1.807) is 24.5 Å². The van der Waals surface area contributed by atoms with Gasteiger partial charge in [0.2, 0.25) is 5.13 Å². The lowest BCUT2D eigenvalue weighted by atomic mass is 10.2. The zero-order valence-corrected chi connectivity index (χ0v) is 17.6. The minimum atomic E-state index is -0.255. The summed E-state index contributed by atoms with van der Waals surface area (Å²) >= 11 is 10.2. The molecule has 1 N–H and O–H groups in total. The monoisotopic (exact) mass is 445 g/mol. The van der Waals surface area contributed by atoms with Crippen molar-refractivity contribution in [2.45, 2.75) is 14.3 Å². The zero-order chi connectivity index (χ0) is 19.5. The first-order valence-electron chi connectivity index (χ1n) is 8.00. The number of rotatable bonds is 5. The highest BCUT2D eigenvalue weighted by molar-refractivity contribution is 8.01. The fourth-order valence-corrected chi connectivity index (χ4v) is 5.01. The quantitative estimate of drug-likeness (QED) is 0.331. The van der Waals surface area contributed by atoms with E-state index in [-0.39, 0.29) is 5.91 Å². The van der Waals surface area contributed by atoms with E-state index in [0.29, 0.717) is 25.1 Å². The van der Waals surface area contributed by atoms with Crippen molar-refractivity contribution in [2.75, 3.05) is 11.6 Å². The second kappa shape index (κ2) is 8.44. The molecule has 6 nitrogen and oxygen atoms in total. The Morgan fingerprint density at radius 1 is 1.14 bits per heavy atom. The molecular formula is C18H12ClN5OS3. The number of benzene rings is 1. The van der Waals surface area contributed by atoms with Crippen LogP contribution in [-0.4, -0.2) is 32.3 Å². The molecule has 140 valence electrons. The van der Waals surface area contributed by atoms with Gasteiger partial charge < -0.3 is 0 Å². The second-order valence-electron chi connectivity index (χ2n) is 5.46. The molecule has 0 saturated carbocycles. The number of hydrogen-bond acceptors (Lipinski definition) is 8. The van der Waals surface area contributed by atoms with Crippen molar-refractivity contribution in [1.82, 2.24) is 20.2 Å². The van der Waals surface area contributed by atoms with Crippen LogP contribution >= 0.6 is 46.5 Å². The first-order valence-corrected chi connectivity index (χ1v) is 11.2. The van der Waals surface area contributed by atoms with Gasteiger partial charge in [-0.1, -0.05) is 40.8 Å². The average Bonchev–Trinajstić information content (AvgIpc) is 3.14. The van der Waals surface area contributed by atoms with Crippen molar-refractivity contribution in [3.05, 3.63) is 59.4 Å². The Bertz CT molecular complexity index is 1170. The van der Waals surface area contributed by atoms with Crippen LogP contribution in [0, 0.1) is 0 Å². The van der Waals surface area contributed by atoms with Crippen molar-refractivity contribution in [1.29, 1.82) is 0 Å². The van der Waals surface area contributed by atoms with Crippen LogP contribution < -0.4 is 5.32 Å². The maximum Gasteiger partial charge on any atom is 0.260 e. The molecule has 0 aliphatic carbocycles. The Hall–Kier alpha value is -2.20. The Morgan fingerprint density at radius 3 is 2.89 bits per heavy atom. The van der Waals surface area contributed by atoms with Gasteiger partial charge in [0, 0.05) is 27.7 Å². The fourth-order valence-electron chi connectivity index (χ4n) is 2.47. The van der Waals surface area contributed by atoms with E-state index in [4.69, 9.17) is 11.6 Å². The Balaban J connectivity index is 1.53. The summed E-state index contributed by atoms with van der Waals surface area (Å²) in [6, 6.07) is 11.0. The Kier molecular flexibility index (Phi) is 5.77. The SMILES string of the molecule is CSc1ncccc1C(=O)Nc1nnc(Sc2ccnc3cc(Cl)ccc23)s1. The standard InChI is InChI=1S/C18H12ClN5OS3/c1-26-16-12(3-2-7-21-16)15(25)22-17-23-24-18(28-17)27-14-6-8-20-13-9-10(19)4-5-11(13)14/h2-9H,1H3,(H,22,23,25). The van der Waals surface area contributed by atoms with Gasteiger partial charge in [0.05, 0.1) is 11.1 Å². The van der Waals surface area contributed by atoms with E-state index in [2.05, 4.69) is 25.5 Å². The molecule has 4 rings (SSSR count). The summed E-state index contributed by atoms with van der Waals surface area (Å²) in [6.45, 7) is 0. The lowest BCUT2D eigenvalue weighted by Crippen LogP contribution is -2.13. The first-order chi connectivity index (χ1) is 13.6. The number of fused-ring (bicyclic) bond motifs is 1. The fraction of sp³-hybridized carbons (Fsp3) is 0.0556. The highest BCUT2D eigenvalue weighted by atomic mass is 35.5. The predicted molar refractivity (Wildman–Crippen MR) is 115 cm³/mol. The number of thioether (sulfide) groups is 1. The maximum absolute atomic E-state index is 12.5. The van der Waals surface area contributed by atoms with Crippen molar-refractivity contribution in [3.63, 3.8) is 0 Å². The average molecular weight is 446 g/mol. The summed E-state index contributed by atoms with van der Waals surface area (Å²) in [5.74, 6) is -0.255. The first kappa shape index (κ1) is 19.1. The normalized spacial score (nSPS) is 10.9. The molecule has 0 atom stereocenters. The Morgan fingerprint density at radius 2 is 2.04 bits per heavy atom. The summed E-state index contributed by atoms with van der Waals surface area (Å²) in [5.41, 5.74) is 1.33. The molecule has 0 bridgehead atoms. The van der Waals surface area contributed by atoms with Gasteiger partial charge in [-0.15, -0.1) is 22.0 Å². The molecular weight excluding hydrogens is 434 g/mol. The molecule has 0 aliphatic rings. The third-order valence-electron chi connectivity index (χ3n) is 3.70. The van der Waals surface area contributed by atoms with Crippen LogP contribution in [0.4, 0.5) is 5.13 Å². The summed E-state index contributed by atoms with van der Waals surface area (Å²) in [7, 11) is 0. The van der Waals surface area contributed by atoms with Gasteiger partial charge in [0.1, 0.15) is 5.03 Å².